The van der Waals surface area contributed by atoms with Crippen molar-refractivity contribution >= 4 is 8.60 Å². The number of hydrogen-bond donors (Lipinski definition) is 3. The minimum Gasteiger partial charge on any atom is -0.368 e. The van der Waals surface area contributed by atoms with Crippen molar-refractivity contribution in [2.75, 3.05) is 0 Å². The number of hydrogen-bond acceptors (Lipinski definition) is 6. The minimum atomic E-state index is -1.93. The van der Waals surface area contributed by atoms with E-state index in [-0.39, 0.29) is 0 Å². The third-order valence-electron chi connectivity index (χ3n) is 0.716. The number of aliphatic hydroxyl groups excluding tert-OH is 3. The summed E-state index contributed by atoms with van der Waals surface area (Å²) in [4.78, 5) is 0. The average Bonchev–Trinajstić information content (AvgIpc) is 1.80. The number of aliphatic hydroxyl groups is 3. The first-order chi connectivity index (χ1) is 5.91. The van der Waals surface area contributed by atoms with Gasteiger partial charge in [-0.2, -0.15) is 0 Å². The highest BCUT2D eigenvalue weighted by Crippen LogP contribution is 2.42. The molecule has 3 N–H and O–H groups in total. The molecule has 0 aromatic heterocycles. The summed E-state index contributed by atoms with van der Waals surface area (Å²) in [6.45, 7) is 4.10. The summed E-state index contributed by atoms with van der Waals surface area (Å²) in [6, 6.07) is 0. The molecule has 0 spiro atoms. The van der Waals surface area contributed by atoms with Crippen molar-refractivity contribution in [2.45, 2.75) is 39.6 Å². The maximum absolute atomic E-state index is 8.82. The highest BCUT2D eigenvalue weighted by atomic mass is 31.2. The molecule has 0 saturated heterocycles. The summed E-state index contributed by atoms with van der Waals surface area (Å²) >= 11 is 0. The van der Waals surface area contributed by atoms with Crippen LogP contribution in [0.25, 0.3) is 0 Å². The zero-order valence-electron chi connectivity index (χ0n) is 7.75. The van der Waals surface area contributed by atoms with Crippen molar-refractivity contribution in [3.63, 3.8) is 0 Å². The van der Waals surface area contributed by atoms with E-state index in [0.717, 1.165) is 0 Å². The fourth-order valence-corrected chi connectivity index (χ4v) is 1.34. The highest BCUT2D eigenvalue weighted by Gasteiger charge is 2.19. The molecule has 80 valence electrons. The van der Waals surface area contributed by atoms with E-state index >= 15 is 0 Å². The van der Waals surface area contributed by atoms with Gasteiger partial charge in [-0.15, -0.1) is 0 Å². The lowest BCUT2D eigenvalue weighted by molar-refractivity contribution is -0.0869. The molecular formula is C6H15O6P. The predicted molar refractivity (Wildman–Crippen MR) is 45.2 cm³/mol. The van der Waals surface area contributed by atoms with Crippen LogP contribution in [0.15, 0.2) is 0 Å². The van der Waals surface area contributed by atoms with E-state index in [1.54, 1.807) is 0 Å². The predicted octanol–water partition coefficient (Wildman–Crippen LogP) is 0.278. The van der Waals surface area contributed by atoms with Gasteiger partial charge in [0, 0.05) is 0 Å². The molecule has 3 unspecified atom stereocenters. The van der Waals surface area contributed by atoms with Gasteiger partial charge in [-0.05, 0) is 20.8 Å². The van der Waals surface area contributed by atoms with Crippen LogP contribution in [0.3, 0.4) is 0 Å². The highest BCUT2D eigenvalue weighted by molar-refractivity contribution is 7.41. The lowest BCUT2D eigenvalue weighted by Crippen LogP contribution is -2.13. The zero-order chi connectivity index (χ0) is 10.4. The van der Waals surface area contributed by atoms with E-state index in [1.807, 2.05) is 0 Å². The Hall–Kier alpha value is 0.190. The van der Waals surface area contributed by atoms with E-state index in [1.165, 1.54) is 20.8 Å². The molecule has 0 heterocycles. The monoisotopic (exact) mass is 214 g/mol. The first-order valence-electron chi connectivity index (χ1n) is 3.76. The molecule has 0 aromatic rings. The van der Waals surface area contributed by atoms with Gasteiger partial charge in [-0.3, -0.25) is 13.6 Å². The van der Waals surface area contributed by atoms with Gasteiger partial charge < -0.3 is 15.3 Å². The molecule has 3 atom stereocenters. The van der Waals surface area contributed by atoms with Crippen LogP contribution in [0.4, 0.5) is 0 Å². The molecule has 0 aromatic carbocycles. The van der Waals surface area contributed by atoms with Gasteiger partial charge in [-0.25, -0.2) is 0 Å². The van der Waals surface area contributed by atoms with Crippen LogP contribution in [-0.2, 0) is 13.6 Å². The first-order valence-corrected chi connectivity index (χ1v) is 4.86. The fraction of sp³-hybridized carbons (Fsp3) is 1.00. The van der Waals surface area contributed by atoms with Gasteiger partial charge in [0.1, 0.15) is 0 Å². The Balaban J connectivity index is 3.87. The maximum Gasteiger partial charge on any atom is 0.339 e. The van der Waals surface area contributed by atoms with E-state index in [2.05, 4.69) is 0 Å². The standard InChI is InChI=1S/C6H15O6P/c1-4(7)10-13(11-5(2)8)12-6(3)9/h4-9H,1-3H3. The Bertz CT molecular complexity index is 105. The first kappa shape index (κ1) is 13.2. The molecule has 0 amide bonds. The van der Waals surface area contributed by atoms with E-state index in [4.69, 9.17) is 28.9 Å². The van der Waals surface area contributed by atoms with Gasteiger partial charge in [0.15, 0.2) is 18.9 Å². The van der Waals surface area contributed by atoms with Crippen LogP contribution in [0.1, 0.15) is 20.8 Å². The minimum absolute atomic E-state index is 1.08. The smallest absolute Gasteiger partial charge is 0.339 e. The van der Waals surface area contributed by atoms with Crippen molar-refractivity contribution in [1.29, 1.82) is 0 Å². The third kappa shape index (κ3) is 8.52. The van der Waals surface area contributed by atoms with Gasteiger partial charge in [0.25, 0.3) is 0 Å². The Morgan fingerprint density at radius 2 is 1.00 bits per heavy atom. The van der Waals surface area contributed by atoms with E-state index in [9.17, 15) is 0 Å². The summed E-state index contributed by atoms with van der Waals surface area (Å²) < 4.78 is 14.2. The van der Waals surface area contributed by atoms with Crippen molar-refractivity contribution in [2.24, 2.45) is 0 Å². The Morgan fingerprint density at radius 3 is 1.15 bits per heavy atom. The second-order valence-electron chi connectivity index (χ2n) is 2.34. The summed E-state index contributed by atoms with van der Waals surface area (Å²) in [7, 11) is -1.93. The van der Waals surface area contributed by atoms with E-state index < -0.39 is 27.5 Å². The molecule has 0 rings (SSSR count). The van der Waals surface area contributed by atoms with Crippen LogP contribution in [0.2, 0.25) is 0 Å². The third-order valence-corrected chi connectivity index (χ3v) is 2.15. The summed E-state index contributed by atoms with van der Waals surface area (Å²) in [6.07, 6.45) is -3.24. The van der Waals surface area contributed by atoms with Crippen molar-refractivity contribution in [1.82, 2.24) is 0 Å². The summed E-state index contributed by atoms with van der Waals surface area (Å²) in [5, 5.41) is 26.5. The van der Waals surface area contributed by atoms with Gasteiger partial charge in [0.05, 0.1) is 0 Å². The Labute approximate surface area is 78.0 Å². The Morgan fingerprint density at radius 1 is 0.769 bits per heavy atom. The van der Waals surface area contributed by atoms with Crippen LogP contribution in [0, 0.1) is 0 Å². The second kappa shape index (κ2) is 6.62. The maximum atomic E-state index is 8.82. The molecule has 7 heteroatoms. The van der Waals surface area contributed by atoms with Crippen LogP contribution in [0.5, 0.6) is 0 Å². The molecule has 0 aliphatic rings. The Kier molecular flexibility index (Phi) is 6.71. The lowest BCUT2D eigenvalue weighted by Gasteiger charge is -2.20. The molecular weight excluding hydrogens is 199 g/mol. The molecule has 0 fully saturated rings. The van der Waals surface area contributed by atoms with Gasteiger partial charge in [-0.1, -0.05) is 0 Å². The molecule has 0 aliphatic heterocycles. The molecule has 0 saturated carbocycles. The average molecular weight is 214 g/mol. The van der Waals surface area contributed by atoms with Gasteiger partial charge in [0.2, 0.25) is 0 Å². The van der Waals surface area contributed by atoms with Gasteiger partial charge >= 0.3 is 8.60 Å². The van der Waals surface area contributed by atoms with E-state index in [0.29, 0.717) is 0 Å². The summed E-state index contributed by atoms with van der Waals surface area (Å²) in [5.74, 6) is 0. The van der Waals surface area contributed by atoms with Crippen LogP contribution in [-0.4, -0.2) is 34.2 Å². The molecule has 0 radical (unpaired) electrons. The second-order valence-corrected chi connectivity index (χ2v) is 3.42. The fourth-order valence-electron chi connectivity index (χ4n) is 0.448. The topological polar surface area (TPSA) is 88.4 Å². The quantitative estimate of drug-likeness (QED) is 0.434. The molecule has 6 nitrogen and oxygen atoms in total. The SMILES string of the molecule is CC(O)OP(OC(C)O)OC(C)O. The largest absolute Gasteiger partial charge is 0.368 e. The number of rotatable bonds is 6. The summed E-state index contributed by atoms with van der Waals surface area (Å²) in [5.41, 5.74) is 0. The van der Waals surface area contributed by atoms with Crippen molar-refractivity contribution in [3.05, 3.63) is 0 Å². The lowest BCUT2D eigenvalue weighted by atomic mass is 10.8. The normalized spacial score (nSPS) is 20.8. The van der Waals surface area contributed by atoms with Crippen LogP contribution < -0.4 is 0 Å². The zero-order valence-corrected chi connectivity index (χ0v) is 8.64. The van der Waals surface area contributed by atoms with Crippen molar-refractivity contribution < 1.29 is 28.9 Å². The molecule has 13 heavy (non-hydrogen) atoms. The molecule has 0 bridgehead atoms. The van der Waals surface area contributed by atoms with Crippen LogP contribution >= 0.6 is 8.60 Å². The van der Waals surface area contributed by atoms with Crippen molar-refractivity contribution in [3.8, 4) is 0 Å². The molecule has 0 aliphatic carbocycles.